The van der Waals surface area contributed by atoms with E-state index in [-0.39, 0.29) is 30.8 Å². The van der Waals surface area contributed by atoms with E-state index >= 15 is 0 Å². The average Bonchev–Trinajstić information content (AvgIpc) is 3.09. The normalized spacial score (nSPS) is 13.8. The zero-order valence-electron chi connectivity index (χ0n) is 19.4. The van der Waals surface area contributed by atoms with E-state index in [0.29, 0.717) is 35.1 Å². The minimum absolute atomic E-state index is 0.193. The molecule has 0 bridgehead atoms. The molecule has 1 saturated heterocycles. The Balaban J connectivity index is 1.53. The van der Waals surface area contributed by atoms with Crippen LogP contribution in [0.15, 0.2) is 47.3 Å². The number of anilines is 1. The number of nitrogens with zero attached hydrogens (tertiary/aromatic N) is 4. The lowest BCUT2D eigenvalue weighted by Crippen LogP contribution is -2.41. The number of hydrogen-bond acceptors (Lipinski definition) is 6. The molecule has 1 aliphatic heterocycles. The highest BCUT2D eigenvalue weighted by Crippen LogP contribution is 2.27. The third-order valence-corrected chi connectivity index (χ3v) is 5.65. The molecule has 10 nitrogen and oxygen atoms in total. The molecular formula is C24H25FN6O4. The Morgan fingerprint density at radius 3 is 2.63 bits per heavy atom. The maximum absolute atomic E-state index is 14.7. The van der Waals surface area contributed by atoms with Gasteiger partial charge in [-0.1, -0.05) is 24.3 Å². The number of hydrogen-bond donors (Lipinski definition) is 2. The second kappa shape index (κ2) is 10.0. The molecule has 35 heavy (non-hydrogen) atoms. The van der Waals surface area contributed by atoms with Crippen molar-refractivity contribution in [3.8, 4) is 0 Å². The summed E-state index contributed by atoms with van der Waals surface area (Å²) in [4.78, 5) is 53.5. The first-order valence-electron chi connectivity index (χ1n) is 11.0. The predicted octanol–water partition coefficient (Wildman–Crippen LogP) is 1.10. The van der Waals surface area contributed by atoms with Crippen molar-refractivity contribution in [1.82, 2.24) is 25.3 Å². The monoisotopic (exact) mass is 480 g/mol. The van der Waals surface area contributed by atoms with Gasteiger partial charge in [-0.15, -0.1) is 0 Å². The van der Waals surface area contributed by atoms with Crippen LogP contribution in [0.1, 0.15) is 11.3 Å². The van der Waals surface area contributed by atoms with Crippen LogP contribution in [0, 0.1) is 5.82 Å². The van der Waals surface area contributed by atoms with Gasteiger partial charge in [0, 0.05) is 24.9 Å². The number of nitrogens with one attached hydrogen (secondary N) is 2. The number of imide groups is 1. The Morgan fingerprint density at radius 2 is 1.89 bits per heavy atom. The SMILES string of the molecule is CN(C)CCNC(=O)CN1CC(=O)N(c2cc(Cc3n[nH]c(=O)c4ccccc34)ccc2F)C1=O. The van der Waals surface area contributed by atoms with Crippen molar-refractivity contribution < 1.29 is 18.8 Å². The molecule has 0 radical (unpaired) electrons. The zero-order valence-corrected chi connectivity index (χ0v) is 19.4. The topological polar surface area (TPSA) is 119 Å². The molecule has 3 aromatic rings. The molecule has 1 fully saturated rings. The van der Waals surface area contributed by atoms with Crippen molar-refractivity contribution in [1.29, 1.82) is 0 Å². The number of aromatic nitrogens is 2. The van der Waals surface area contributed by atoms with Gasteiger partial charge in [0.1, 0.15) is 18.9 Å². The minimum Gasteiger partial charge on any atom is -0.353 e. The lowest BCUT2D eigenvalue weighted by Gasteiger charge is -2.18. The number of carbonyl (C=O) groups is 3. The van der Waals surface area contributed by atoms with Gasteiger partial charge < -0.3 is 15.1 Å². The molecule has 2 N–H and O–H groups in total. The lowest BCUT2D eigenvalue weighted by molar-refractivity contribution is -0.121. The molecule has 2 aromatic carbocycles. The molecule has 11 heteroatoms. The van der Waals surface area contributed by atoms with Gasteiger partial charge in [-0.2, -0.15) is 5.10 Å². The highest BCUT2D eigenvalue weighted by molar-refractivity contribution is 6.20. The minimum atomic E-state index is -0.763. The van der Waals surface area contributed by atoms with Gasteiger partial charge in [-0.05, 0) is 37.9 Å². The standard InChI is InChI=1S/C24H25FN6O4/c1-29(2)10-9-26-21(32)13-30-14-22(33)31(24(30)35)20-12-15(7-8-18(20)25)11-19-16-5-3-4-6-17(16)23(34)28-27-19/h3-8,12H,9-11,13-14H2,1-2H3,(H,26,32)(H,28,34). The number of aromatic amines is 1. The van der Waals surface area contributed by atoms with Gasteiger partial charge in [-0.3, -0.25) is 14.4 Å². The summed E-state index contributed by atoms with van der Waals surface area (Å²) >= 11 is 0. The number of fused-ring (bicyclic) bond motifs is 1. The van der Waals surface area contributed by atoms with Gasteiger partial charge in [0.05, 0.1) is 16.8 Å². The first-order valence-corrected chi connectivity index (χ1v) is 11.0. The van der Waals surface area contributed by atoms with Gasteiger partial charge in [0.2, 0.25) is 5.91 Å². The highest BCUT2D eigenvalue weighted by atomic mass is 19.1. The van der Waals surface area contributed by atoms with Crippen LogP contribution in [-0.2, 0) is 16.0 Å². The van der Waals surface area contributed by atoms with Crippen LogP contribution < -0.4 is 15.8 Å². The molecule has 4 amide bonds. The Bertz CT molecular complexity index is 1360. The third kappa shape index (κ3) is 5.19. The summed E-state index contributed by atoms with van der Waals surface area (Å²) in [6.45, 7) is 0.399. The van der Waals surface area contributed by atoms with E-state index < -0.39 is 23.7 Å². The summed E-state index contributed by atoms with van der Waals surface area (Å²) in [6.07, 6.45) is 0.235. The molecule has 0 aliphatic carbocycles. The van der Waals surface area contributed by atoms with Crippen LogP contribution in [0.2, 0.25) is 0 Å². The molecule has 0 spiro atoms. The Kier molecular flexibility index (Phi) is 6.87. The molecule has 1 aliphatic rings. The molecule has 0 saturated carbocycles. The molecule has 2 heterocycles. The number of H-pyrrole nitrogens is 1. The molecule has 182 valence electrons. The summed E-state index contributed by atoms with van der Waals surface area (Å²) in [5, 5.41) is 10.4. The number of halogens is 1. The van der Waals surface area contributed by atoms with E-state index in [4.69, 9.17) is 0 Å². The third-order valence-electron chi connectivity index (χ3n) is 5.65. The Labute approximate surface area is 200 Å². The maximum Gasteiger partial charge on any atom is 0.332 e. The van der Waals surface area contributed by atoms with Crippen molar-refractivity contribution in [2.75, 3.05) is 45.2 Å². The Morgan fingerprint density at radius 1 is 1.14 bits per heavy atom. The lowest BCUT2D eigenvalue weighted by atomic mass is 10.0. The molecular weight excluding hydrogens is 455 g/mol. The van der Waals surface area contributed by atoms with E-state index in [9.17, 15) is 23.6 Å². The van der Waals surface area contributed by atoms with Crippen LogP contribution in [0.5, 0.6) is 0 Å². The van der Waals surface area contributed by atoms with E-state index in [1.54, 1.807) is 24.3 Å². The predicted molar refractivity (Wildman–Crippen MR) is 128 cm³/mol. The van der Waals surface area contributed by atoms with Gasteiger partial charge in [-0.25, -0.2) is 19.2 Å². The molecule has 0 unspecified atom stereocenters. The van der Waals surface area contributed by atoms with E-state index in [1.165, 1.54) is 18.2 Å². The summed E-state index contributed by atoms with van der Waals surface area (Å²) in [5.41, 5.74) is 0.643. The average molecular weight is 481 g/mol. The maximum atomic E-state index is 14.7. The first-order chi connectivity index (χ1) is 16.7. The highest BCUT2D eigenvalue weighted by Gasteiger charge is 2.39. The number of rotatable bonds is 8. The Hall–Kier alpha value is -4.12. The van der Waals surface area contributed by atoms with Gasteiger partial charge in [0.15, 0.2) is 0 Å². The van der Waals surface area contributed by atoms with Gasteiger partial charge in [0.25, 0.3) is 11.5 Å². The summed E-state index contributed by atoms with van der Waals surface area (Å²) in [7, 11) is 3.73. The van der Waals surface area contributed by atoms with Crippen LogP contribution in [0.25, 0.3) is 10.8 Å². The smallest absolute Gasteiger partial charge is 0.332 e. The van der Waals surface area contributed by atoms with Crippen molar-refractivity contribution in [3.05, 3.63) is 69.9 Å². The van der Waals surface area contributed by atoms with Crippen LogP contribution in [-0.4, -0.2) is 78.1 Å². The van der Waals surface area contributed by atoms with E-state index in [0.717, 1.165) is 9.80 Å². The first kappa shape index (κ1) is 24.0. The van der Waals surface area contributed by atoms with Crippen LogP contribution >= 0.6 is 0 Å². The van der Waals surface area contributed by atoms with E-state index in [2.05, 4.69) is 15.5 Å². The number of amides is 4. The summed E-state index contributed by atoms with van der Waals surface area (Å²) < 4.78 is 14.7. The zero-order chi connectivity index (χ0) is 25.1. The van der Waals surface area contributed by atoms with Crippen molar-refractivity contribution in [2.45, 2.75) is 6.42 Å². The number of likely N-dealkylation sites (N-methyl/N-ethyl adjacent to an activating group) is 1. The fraction of sp³-hybridized carbons (Fsp3) is 0.292. The molecule has 0 atom stereocenters. The second-order valence-electron chi connectivity index (χ2n) is 8.53. The quantitative estimate of drug-likeness (QED) is 0.466. The van der Waals surface area contributed by atoms with Crippen molar-refractivity contribution >= 4 is 34.3 Å². The summed E-state index contributed by atoms with van der Waals surface area (Å²) in [6, 6.07) is 10.3. The molecule has 4 rings (SSSR count). The second-order valence-corrected chi connectivity index (χ2v) is 8.53. The van der Waals surface area contributed by atoms with E-state index in [1.807, 2.05) is 19.0 Å². The number of benzene rings is 2. The largest absolute Gasteiger partial charge is 0.353 e. The summed E-state index contributed by atoms with van der Waals surface area (Å²) in [5.74, 6) is -1.77. The fourth-order valence-electron chi connectivity index (χ4n) is 3.90. The van der Waals surface area contributed by atoms with Crippen molar-refractivity contribution in [3.63, 3.8) is 0 Å². The molecule has 1 aromatic heterocycles. The van der Waals surface area contributed by atoms with Crippen LogP contribution in [0.3, 0.4) is 0 Å². The fourth-order valence-corrected chi connectivity index (χ4v) is 3.90. The van der Waals surface area contributed by atoms with Gasteiger partial charge >= 0.3 is 6.03 Å². The number of urea groups is 1. The van der Waals surface area contributed by atoms with Crippen molar-refractivity contribution in [2.24, 2.45) is 0 Å². The number of carbonyl (C=O) groups excluding carboxylic acids is 3. The van der Waals surface area contributed by atoms with Crippen LogP contribution in [0.4, 0.5) is 14.9 Å².